The lowest BCUT2D eigenvalue weighted by molar-refractivity contribution is -0.262. The van der Waals surface area contributed by atoms with Gasteiger partial charge in [0.1, 0.15) is 30.5 Å². The largest absolute Gasteiger partial charge is 0.394 e. The molecule has 0 saturated carbocycles. The van der Waals surface area contributed by atoms with Crippen LogP contribution in [0, 0.1) is 5.92 Å². The second-order valence-corrected chi connectivity index (χ2v) is 5.36. The van der Waals surface area contributed by atoms with Crippen LogP contribution < -0.4 is 0 Å². The van der Waals surface area contributed by atoms with Crippen LogP contribution in [-0.2, 0) is 4.74 Å². The van der Waals surface area contributed by atoms with Gasteiger partial charge in [-0.25, -0.2) is 0 Å². The van der Waals surface area contributed by atoms with Gasteiger partial charge in [-0.2, -0.15) is 0 Å². The van der Waals surface area contributed by atoms with Crippen molar-refractivity contribution in [1.29, 1.82) is 0 Å². The molecule has 9 N–H and O–H groups in total. The predicted octanol–water partition coefficient (Wildman–Crippen LogP) is -5.49. The Bertz CT molecular complexity index is 327. The van der Waals surface area contributed by atoms with Gasteiger partial charge in [-0.1, -0.05) is 0 Å². The molecular weight excluding hydrogens is 304 g/mol. The van der Waals surface area contributed by atoms with Crippen molar-refractivity contribution >= 4 is 0 Å². The molecule has 10 nitrogen and oxygen atoms in total. The maximum atomic E-state index is 9.98. The lowest BCUT2D eigenvalue weighted by Crippen LogP contribution is -2.64. The summed E-state index contributed by atoms with van der Waals surface area (Å²) >= 11 is 0. The Morgan fingerprint density at radius 2 is 1.32 bits per heavy atom. The van der Waals surface area contributed by atoms with Gasteiger partial charge in [0, 0.05) is 5.92 Å². The van der Waals surface area contributed by atoms with Crippen LogP contribution in [0.4, 0.5) is 0 Å². The Labute approximate surface area is 126 Å². The van der Waals surface area contributed by atoms with Crippen LogP contribution in [0.2, 0.25) is 0 Å². The van der Waals surface area contributed by atoms with E-state index in [0.29, 0.717) is 0 Å². The Morgan fingerprint density at radius 3 is 1.77 bits per heavy atom. The van der Waals surface area contributed by atoms with Crippen molar-refractivity contribution in [3.63, 3.8) is 0 Å². The smallest absolute Gasteiger partial charge is 0.111 e. The topological polar surface area (TPSA) is 191 Å². The SMILES string of the molecule is OC[C@@H](O)C([C@H](O)[C@H](O)CO)[C@@H]1O[C@H](CO)[C@@H](O)[C@H](O)[C@H]1O. The Kier molecular flexibility index (Phi) is 7.55. The summed E-state index contributed by atoms with van der Waals surface area (Å²) in [5.41, 5.74) is 0. The number of aliphatic hydroxyl groups is 9. The lowest BCUT2D eigenvalue weighted by atomic mass is 9.80. The molecule has 1 aliphatic heterocycles. The molecule has 1 aliphatic rings. The first-order valence-corrected chi connectivity index (χ1v) is 6.86. The van der Waals surface area contributed by atoms with E-state index in [1.165, 1.54) is 0 Å². The highest BCUT2D eigenvalue weighted by Crippen LogP contribution is 2.30. The highest BCUT2D eigenvalue weighted by molar-refractivity contribution is 4.99. The fourth-order valence-electron chi connectivity index (χ4n) is 2.58. The molecule has 0 spiro atoms. The molecule has 0 amide bonds. The summed E-state index contributed by atoms with van der Waals surface area (Å²) in [6.07, 6.45) is -13.0. The van der Waals surface area contributed by atoms with Gasteiger partial charge in [0.15, 0.2) is 0 Å². The van der Waals surface area contributed by atoms with E-state index >= 15 is 0 Å². The maximum Gasteiger partial charge on any atom is 0.111 e. The molecule has 1 heterocycles. The Morgan fingerprint density at radius 1 is 0.773 bits per heavy atom. The van der Waals surface area contributed by atoms with E-state index in [0.717, 1.165) is 0 Å². The molecule has 0 aromatic rings. The van der Waals surface area contributed by atoms with Crippen LogP contribution in [0.5, 0.6) is 0 Å². The van der Waals surface area contributed by atoms with E-state index < -0.39 is 74.6 Å². The number of rotatable bonds is 7. The fraction of sp³-hybridized carbons (Fsp3) is 1.00. The van der Waals surface area contributed by atoms with Crippen molar-refractivity contribution in [2.24, 2.45) is 5.92 Å². The van der Waals surface area contributed by atoms with Gasteiger partial charge >= 0.3 is 0 Å². The summed E-state index contributed by atoms with van der Waals surface area (Å²) in [4.78, 5) is 0. The van der Waals surface area contributed by atoms with Gasteiger partial charge in [-0.05, 0) is 0 Å². The lowest BCUT2D eigenvalue weighted by Gasteiger charge is -2.45. The van der Waals surface area contributed by atoms with Crippen LogP contribution in [0.25, 0.3) is 0 Å². The second-order valence-electron chi connectivity index (χ2n) is 5.36. The monoisotopic (exact) mass is 328 g/mol. The molecule has 0 aromatic carbocycles. The van der Waals surface area contributed by atoms with Crippen LogP contribution in [-0.4, -0.2) is 115 Å². The molecule has 9 atom stereocenters. The Balaban J connectivity index is 3.06. The third kappa shape index (κ3) is 3.92. The number of ether oxygens (including phenoxy) is 1. The summed E-state index contributed by atoms with van der Waals surface area (Å²) in [5.74, 6) is -1.49. The van der Waals surface area contributed by atoms with E-state index in [-0.39, 0.29) is 0 Å². The molecule has 10 heteroatoms. The minimum absolute atomic E-state index is 0.706. The van der Waals surface area contributed by atoms with Gasteiger partial charge < -0.3 is 50.7 Å². The summed E-state index contributed by atoms with van der Waals surface area (Å²) in [6, 6.07) is 0. The molecule has 22 heavy (non-hydrogen) atoms. The van der Waals surface area contributed by atoms with Crippen molar-refractivity contribution < 1.29 is 50.7 Å². The Hall–Kier alpha value is -0.400. The number of hydrogen-bond donors (Lipinski definition) is 9. The third-order valence-electron chi connectivity index (χ3n) is 3.92. The summed E-state index contributed by atoms with van der Waals surface area (Å²) < 4.78 is 5.20. The van der Waals surface area contributed by atoms with Crippen molar-refractivity contribution in [1.82, 2.24) is 0 Å². The first-order valence-electron chi connectivity index (χ1n) is 6.86. The molecule has 0 radical (unpaired) electrons. The normalized spacial score (nSPS) is 38.3. The zero-order valence-electron chi connectivity index (χ0n) is 11.8. The van der Waals surface area contributed by atoms with Gasteiger partial charge in [0.2, 0.25) is 0 Å². The number of aliphatic hydroxyl groups excluding tert-OH is 9. The highest BCUT2D eigenvalue weighted by atomic mass is 16.5. The van der Waals surface area contributed by atoms with E-state index in [9.17, 15) is 30.6 Å². The predicted molar refractivity (Wildman–Crippen MR) is 69.4 cm³/mol. The first kappa shape index (κ1) is 19.6. The van der Waals surface area contributed by atoms with Crippen LogP contribution in [0.15, 0.2) is 0 Å². The molecule has 1 saturated heterocycles. The van der Waals surface area contributed by atoms with Crippen molar-refractivity contribution in [3.05, 3.63) is 0 Å². The minimum Gasteiger partial charge on any atom is -0.394 e. The zero-order valence-corrected chi connectivity index (χ0v) is 11.8. The van der Waals surface area contributed by atoms with E-state index in [4.69, 9.17) is 20.1 Å². The molecule has 0 bridgehead atoms. The average molecular weight is 328 g/mol. The van der Waals surface area contributed by atoms with Gasteiger partial charge in [0.05, 0.1) is 38.1 Å². The van der Waals surface area contributed by atoms with Crippen LogP contribution in [0.3, 0.4) is 0 Å². The molecule has 1 rings (SSSR count). The standard InChI is InChI=1S/C12H24O10/c13-1-4(16)7(8(18)5(17)2-14)12-11(21)10(20)9(19)6(3-15)22-12/h4-21H,1-3H2/t4-,5-,6-,7?,8-,9-,10+,11-,12+/m1/s1. The average Bonchev–Trinajstić information content (AvgIpc) is 2.53. The van der Waals surface area contributed by atoms with Gasteiger partial charge in [0.25, 0.3) is 0 Å². The highest BCUT2D eigenvalue weighted by Gasteiger charge is 2.50. The molecule has 0 aromatic heterocycles. The van der Waals surface area contributed by atoms with Crippen molar-refractivity contribution in [2.75, 3.05) is 19.8 Å². The summed E-state index contributed by atoms with van der Waals surface area (Å²) in [5, 5.41) is 85.7. The fourth-order valence-corrected chi connectivity index (χ4v) is 2.58. The summed E-state index contributed by atoms with van der Waals surface area (Å²) in [7, 11) is 0. The van der Waals surface area contributed by atoms with E-state index in [2.05, 4.69) is 0 Å². The quantitative estimate of drug-likeness (QED) is 0.218. The van der Waals surface area contributed by atoms with Crippen molar-refractivity contribution in [3.8, 4) is 0 Å². The molecule has 1 unspecified atom stereocenters. The van der Waals surface area contributed by atoms with Gasteiger partial charge in [-0.3, -0.25) is 0 Å². The number of hydrogen-bond acceptors (Lipinski definition) is 10. The van der Waals surface area contributed by atoms with Gasteiger partial charge in [-0.15, -0.1) is 0 Å². The maximum absolute atomic E-state index is 9.98. The molecule has 132 valence electrons. The molecular formula is C12H24O10. The zero-order chi connectivity index (χ0) is 17.0. The molecule has 0 aliphatic carbocycles. The summed E-state index contributed by atoms with van der Waals surface area (Å²) in [6.45, 7) is -2.41. The van der Waals surface area contributed by atoms with Crippen LogP contribution >= 0.6 is 0 Å². The van der Waals surface area contributed by atoms with Crippen LogP contribution in [0.1, 0.15) is 0 Å². The van der Waals surface area contributed by atoms with E-state index in [1.54, 1.807) is 0 Å². The molecule has 1 fully saturated rings. The van der Waals surface area contributed by atoms with E-state index in [1.807, 2.05) is 0 Å². The second kappa shape index (κ2) is 8.45. The minimum atomic E-state index is -1.80. The third-order valence-corrected chi connectivity index (χ3v) is 3.92. The first-order chi connectivity index (χ1) is 10.3. The van der Waals surface area contributed by atoms with Crippen molar-refractivity contribution in [2.45, 2.75) is 48.8 Å².